The Labute approximate surface area is 143 Å². The summed E-state index contributed by atoms with van der Waals surface area (Å²) in [7, 11) is 0. The SMILES string of the molecule is O=C(NCC(c1ccco1)N1CCCC1)N1CCCC(CCO)C1. The first kappa shape index (κ1) is 17.3. The number of aliphatic hydroxyl groups is 1. The van der Waals surface area contributed by atoms with Gasteiger partial charge in [0.05, 0.1) is 12.3 Å². The third-order valence-electron chi connectivity index (χ3n) is 5.24. The first-order chi connectivity index (χ1) is 11.8. The van der Waals surface area contributed by atoms with Gasteiger partial charge in [0, 0.05) is 26.2 Å². The molecule has 24 heavy (non-hydrogen) atoms. The summed E-state index contributed by atoms with van der Waals surface area (Å²) in [4.78, 5) is 16.8. The van der Waals surface area contributed by atoms with Gasteiger partial charge in [-0.2, -0.15) is 0 Å². The van der Waals surface area contributed by atoms with Gasteiger partial charge in [-0.15, -0.1) is 0 Å². The van der Waals surface area contributed by atoms with E-state index in [2.05, 4.69) is 10.2 Å². The predicted molar refractivity (Wildman–Crippen MR) is 91.7 cm³/mol. The summed E-state index contributed by atoms with van der Waals surface area (Å²) in [6.07, 6.45) is 7.02. The average Bonchev–Trinajstić information content (AvgIpc) is 3.30. The van der Waals surface area contributed by atoms with Crippen LogP contribution >= 0.6 is 0 Å². The lowest BCUT2D eigenvalue weighted by molar-refractivity contribution is 0.145. The molecule has 2 N–H and O–H groups in total. The zero-order valence-corrected chi connectivity index (χ0v) is 14.3. The number of carbonyl (C=O) groups excluding carboxylic acids is 1. The van der Waals surface area contributed by atoms with Crippen molar-refractivity contribution in [1.29, 1.82) is 0 Å². The molecule has 2 atom stereocenters. The van der Waals surface area contributed by atoms with E-state index in [0.29, 0.717) is 12.5 Å². The molecule has 1 aromatic heterocycles. The lowest BCUT2D eigenvalue weighted by Crippen LogP contribution is -2.47. The number of likely N-dealkylation sites (tertiary alicyclic amines) is 2. The number of nitrogens with one attached hydrogen (secondary N) is 1. The molecule has 0 radical (unpaired) electrons. The highest BCUT2D eigenvalue weighted by Crippen LogP contribution is 2.25. The quantitative estimate of drug-likeness (QED) is 0.836. The molecule has 0 spiro atoms. The molecule has 134 valence electrons. The normalized spacial score (nSPS) is 23.4. The van der Waals surface area contributed by atoms with Gasteiger partial charge in [0.2, 0.25) is 0 Å². The van der Waals surface area contributed by atoms with Crippen LogP contribution in [0, 0.1) is 5.92 Å². The molecule has 0 aromatic carbocycles. The molecule has 6 heteroatoms. The van der Waals surface area contributed by atoms with Crippen molar-refractivity contribution in [1.82, 2.24) is 15.1 Å². The molecule has 3 rings (SSSR count). The van der Waals surface area contributed by atoms with Crippen LogP contribution in [0.3, 0.4) is 0 Å². The lowest BCUT2D eigenvalue weighted by Gasteiger charge is -2.33. The van der Waals surface area contributed by atoms with E-state index in [1.165, 1.54) is 12.8 Å². The molecular formula is C18H29N3O3. The molecule has 2 fully saturated rings. The summed E-state index contributed by atoms with van der Waals surface area (Å²) >= 11 is 0. The number of amides is 2. The summed E-state index contributed by atoms with van der Waals surface area (Å²) in [5.41, 5.74) is 0. The number of carbonyl (C=O) groups is 1. The fourth-order valence-corrected chi connectivity index (χ4v) is 3.91. The van der Waals surface area contributed by atoms with Crippen molar-refractivity contribution in [2.45, 2.75) is 38.1 Å². The number of furan rings is 1. The Balaban J connectivity index is 1.55. The second-order valence-electron chi connectivity index (χ2n) is 6.93. The number of aliphatic hydroxyl groups excluding tert-OH is 1. The Hall–Kier alpha value is -1.53. The monoisotopic (exact) mass is 335 g/mol. The topological polar surface area (TPSA) is 69.0 Å². The van der Waals surface area contributed by atoms with Crippen LogP contribution in [-0.4, -0.2) is 60.3 Å². The van der Waals surface area contributed by atoms with Gasteiger partial charge < -0.3 is 19.7 Å². The predicted octanol–water partition coefficient (Wildman–Crippen LogP) is 2.22. The van der Waals surface area contributed by atoms with Crippen LogP contribution in [-0.2, 0) is 0 Å². The van der Waals surface area contributed by atoms with Gasteiger partial charge in [-0.05, 0) is 63.2 Å². The molecule has 2 aliphatic heterocycles. The molecule has 2 aliphatic rings. The Morgan fingerprint density at radius 3 is 2.88 bits per heavy atom. The van der Waals surface area contributed by atoms with Gasteiger partial charge in [0.1, 0.15) is 5.76 Å². The molecule has 1 aromatic rings. The minimum Gasteiger partial charge on any atom is -0.468 e. The van der Waals surface area contributed by atoms with Gasteiger partial charge in [-0.25, -0.2) is 4.79 Å². The van der Waals surface area contributed by atoms with Crippen molar-refractivity contribution < 1.29 is 14.3 Å². The largest absolute Gasteiger partial charge is 0.468 e. The number of piperidine rings is 1. The lowest BCUT2D eigenvalue weighted by atomic mass is 9.95. The van der Waals surface area contributed by atoms with Crippen LogP contribution in [0.5, 0.6) is 0 Å². The van der Waals surface area contributed by atoms with Gasteiger partial charge in [0.15, 0.2) is 0 Å². The van der Waals surface area contributed by atoms with Crippen LogP contribution in [0.4, 0.5) is 4.79 Å². The zero-order chi connectivity index (χ0) is 16.8. The van der Waals surface area contributed by atoms with E-state index < -0.39 is 0 Å². The van der Waals surface area contributed by atoms with Crippen molar-refractivity contribution >= 4 is 6.03 Å². The maximum absolute atomic E-state index is 12.5. The van der Waals surface area contributed by atoms with Crippen LogP contribution < -0.4 is 5.32 Å². The maximum atomic E-state index is 12.5. The average molecular weight is 335 g/mol. The third kappa shape index (κ3) is 4.30. The highest BCUT2D eigenvalue weighted by molar-refractivity contribution is 5.74. The Morgan fingerprint density at radius 2 is 2.17 bits per heavy atom. The zero-order valence-electron chi connectivity index (χ0n) is 14.3. The fraction of sp³-hybridized carbons (Fsp3) is 0.722. The summed E-state index contributed by atoms with van der Waals surface area (Å²) in [6, 6.07) is 4.02. The van der Waals surface area contributed by atoms with Crippen LogP contribution in [0.15, 0.2) is 22.8 Å². The first-order valence-corrected chi connectivity index (χ1v) is 9.19. The first-order valence-electron chi connectivity index (χ1n) is 9.19. The summed E-state index contributed by atoms with van der Waals surface area (Å²) in [5.74, 6) is 1.35. The van der Waals surface area contributed by atoms with E-state index >= 15 is 0 Å². The molecule has 3 heterocycles. The smallest absolute Gasteiger partial charge is 0.317 e. The van der Waals surface area contributed by atoms with Crippen molar-refractivity contribution in [3.63, 3.8) is 0 Å². The minimum absolute atomic E-state index is 0.00777. The summed E-state index contributed by atoms with van der Waals surface area (Å²) in [6.45, 7) is 4.46. The van der Waals surface area contributed by atoms with E-state index in [9.17, 15) is 4.79 Å². The van der Waals surface area contributed by atoms with Crippen molar-refractivity contribution in [2.24, 2.45) is 5.92 Å². The number of urea groups is 1. The van der Waals surface area contributed by atoms with E-state index in [-0.39, 0.29) is 18.7 Å². The molecular weight excluding hydrogens is 306 g/mol. The van der Waals surface area contributed by atoms with Gasteiger partial charge in [0.25, 0.3) is 0 Å². The molecule has 2 saturated heterocycles. The van der Waals surface area contributed by atoms with Crippen LogP contribution in [0.25, 0.3) is 0 Å². The van der Waals surface area contributed by atoms with Gasteiger partial charge >= 0.3 is 6.03 Å². The van der Waals surface area contributed by atoms with E-state index in [1.54, 1.807) is 6.26 Å². The molecule has 2 unspecified atom stereocenters. The Morgan fingerprint density at radius 1 is 1.33 bits per heavy atom. The Bertz CT molecular complexity index is 498. The Kier molecular flexibility index (Phi) is 6.15. The number of hydrogen-bond donors (Lipinski definition) is 2. The third-order valence-corrected chi connectivity index (χ3v) is 5.24. The molecule has 0 bridgehead atoms. The van der Waals surface area contributed by atoms with Gasteiger partial charge in [-0.3, -0.25) is 4.90 Å². The molecule has 6 nitrogen and oxygen atoms in total. The van der Waals surface area contributed by atoms with Crippen LogP contribution in [0.1, 0.15) is 43.9 Å². The highest BCUT2D eigenvalue weighted by Gasteiger charge is 2.28. The van der Waals surface area contributed by atoms with E-state index in [1.807, 2.05) is 17.0 Å². The van der Waals surface area contributed by atoms with Crippen molar-refractivity contribution in [3.05, 3.63) is 24.2 Å². The second kappa shape index (κ2) is 8.53. The number of rotatable bonds is 6. The van der Waals surface area contributed by atoms with E-state index in [0.717, 1.165) is 51.2 Å². The molecule has 0 aliphatic carbocycles. The summed E-state index contributed by atoms with van der Waals surface area (Å²) in [5, 5.41) is 12.2. The van der Waals surface area contributed by atoms with Crippen LogP contribution in [0.2, 0.25) is 0 Å². The number of hydrogen-bond acceptors (Lipinski definition) is 4. The standard InChI is InChI=1S/C18H29N3O3/c22-11-7-15-5-3-10-21(14-15)18(23)19-13-16(17-6-4-12-24-17)20-8-1-2-9-20/h4,6,12,15-16,22H,1-3,5,7-11,13-14H2,(H,19,23). The maximum Gasteiger partial charge on any atom is 0.317 e. The highest BCUT2D eigenvalue weighted by atomic mass is 16.3. The summed E-state index contributed by atoms with van der Waals surface area (Å²) < 4.78 is 5.60. The van der Waals surface area contributed by atoms with E-state index in [4.69, 9.17) is 9.52 Å². The molecule has 2 amide bonds. The van der Waals surface area contributed by atoms with Gasteiger partial charge in [-0.1, -0.05) is 0 Å². The number of nitrogens with zero attached hydrogens (tertiary/aromatic N) is 2. The minimum atomic E-state index is 0.00777. The molecule has 0 saturated carbocycles. The fourth-order valence-electron chi connectivity index (χ4n) is 3.91. The van der Waals surface area contributed by atoms with Crippen molar-refractivity contribution in [3.8, 4) is 0 Å². The second-order valence-corrected chi connectivity index (χ2v) is 6.93. The van der Waals surface area contributed by atoms with Crippen molar-refractivity contribution in [2.75, 3.05) is 39.3 Å².